The van der Waals surface area contributed by atoms with Gasteiger partial charge in [-0.2, -0.15) is 4.37 Å². The van der Waals surface area contributed by atoms with Gasteiger partial charge in [0, 0.05) is 12.6 Å². The Morgan fingerprint density at radius 1 is 1.42 bits per heavy atom. The molecule has 0 aromatic carbocycles. The molecule has 2 rings (SSSR count). The highest BCUT2D eigenvalue weighted by Crippen LogP contribution is 2.28. The summed E-state index contributed by atoms with van der Waals surface area (Å²) >= 11 is 1.11. The fourth-order valence-corrected chi connectivity index (χ4v) is 3.24. The fourth-order valence-electron chi connectivity index (χ4n) is 2.88. The lowest BCUT2D eigenvalue weighted by atomic mass is 9.80. The van der Waals surface area contributed by atoms with Gasteiger partial charge >= 0.3 is 0 Å². The zero-order chi connectivity index (χ0) is 13.7. The molecular weight excluding hydrogens is 262 g/mol. The molecule has 5 nitrogen and oxygen atoms in total. The third-order valence-corrected chi connectivity index (χ3v) is 4.05. The quantitative estimate of drug-likeness (QED) is 0.832. The van der Waals surface area contributed by atoms with E-state index in [-0.39, 0.29) is 6.61 Å². The third kappa shape index (κ3) is 5.04. The van der Waals surface area contributed by atoms with Crippen LogP contribution in [0.4, 0.5) is 0 Å². The van der Waals surface area contributed by atoms with E-state index >= 15 is 0 Å². The van der Waals surface area contributed by atoms with Crippen LogP contribution in [0.15, 0.2) is 6.20 Å². The molecule has 1 heterocycles. The van der Waals surface area contributed by atoms with Gasteiger partial charge in [0.1, 0.15) is 18.9 Å². The molecule has 1 aromatic rings. The minimum absolute atomic E-state index is 0.260. The number of ether oxygens (including phenoxy) is 1. The summed E-state index contributed by atoms with van der Waals surface area (Å²) in [5, 5.41) is 13.3. The van der Waals surface area contributed by atoms with Crippen molar-refractivity contribution < 1.29 is 9.84 Å². The van der Waals surface area contributed by atoms with Crippen LogP contribution in [0.5, 0.6) is 5.88 Å². The second-order valence-electron chi connectivity index (χ2n) is 5.73. The summed E-state index contributed by atoms with van der Waals surface area (Å²) in [5.41, 5.74) is 0. The topological polar surface area (TPSA) is 67.3 Å². The van der Waals surface area contributed by atoms with Crippen molar-refractivity contribution in [1.82, 2.24) is 14.1 Å². The van der Waals surface area contributed by atoms with Crippen molar-refractivity contribution in [3.05, 3.63) is 6.20 Å². The lowest BCUT2D eigenvalue weighted by molar-refractivity contribution is 0.0965. The van der Waals surface area contributed by atoms with Crippen LogP contribution >= 0.6 is 11.7 Å². The van der Waals surface area contributed by atoms with E-state index in [2.05, 4.69) is 27.9 Å². The number of aliphatic hydroxyl groups is 1. The van der Waals surface area contributed by atoms with E-state index in [9.17, 15) is 5.11 Å². The Labute approximate surface area is 118 Å². The van der Waals surface area contributed by atoms with E-state index in [1.807, 2.05) is 0 Å². The zero-order valence-corrected chi connectivity index (χ0v) is 12.4. The molecule has 108 valence electrons. The van der Waals surface area contributed by atoms with Gasteiger partial charge < -0.3 is 15.2 Å². The van der Waals surface area contributed by atoms with Crippen molar-refractivity contribution in [2.45, 2.75) is 45.3 Å². The molecule has 2 N–H and O–H groups in total. The maximum atomic E-state index is 9.88. The van der Waals surface area contributed by atoms with Gasteiger partial charge in [0.25, 0.3) is 0 Å². The van der Waals surface area contributed by atoms with Crippen molar-refractivity contribution in [2.75, 3.05) is 13.2 Å². The number of nitrogens with zero attached hydrogens (tertiary/aromatic N) is 2. The summed E-state index contributed by atoms with van der Waals surface area (Å²) in [6.45, 7) is 5.44. The van der Waals surface area contributed by atoms with Gasteiger partial charge in [-0.25, -0.2) is 0 Å². The lowest BCUT2D eigenvalue weighted by Crippen LogP contribution is -2.41. The molecule has 3 atom stereocenters. The molecule has 0 bridgehead atoms. The highest BCUT2D eigenvalue weighted by molar-refractivity contribution is 6.99. The van der Waals surface area contributed by atoms with E-state index in [1.54, 1.807) is 6.20 Å². The minimum atomic E-state index is -0.505. The third-order valence-electron chi connectivity index (χ3n) is 3.59. The van der Waals surface area contributed by atoms with Crippen molar-refractivity contribution in [1.29, 1.82) is 0 Å². The first-order valence-electron chi connectivity index (χ1n) is 6.95. The predicted octanol–water partition coefficient (Wildman–Crippen LogP) is 1.69. The van der Waals surface area contributed by atoms with Crippen LogP contribution in [0.1, 0.15) is 33.1 Å². The number of aromatic nitrogens is 2. The van der Waals surface area contributed by atoms with Crippen molar-refractivity contribution in [2.24, 2.45) is 11.8 Å². The van der Waals surface area contributed by atoms with Gasteiger partial charge in [-0.05, 0) is 31.1 Å². The monoisotopic (exact) mass is 285 g/mol. The highest BCUT2D eigenvalue weighted by atomic mass is 32.1. The Balaban J connectivity index is 1.64. The number of hydrogen-bond donors (Lipinski definition) is 2. The van der Waals surface area contributed by atoms with E-state index in [0.717, 1.165) is 23.6 Å². The van der Waals surface area contributed by atoms with Gasteiger partial charge in [-0.15, -0.1) is 4.37 Å². The van der Waals surface area contributed by atoms with Gasteiger partial charge in [0.2, 0.25) is 5.88 Å². The molecule has 1 aliphatic rings. The molecule has 19 heavy (non-hydrogen) atoms. The molecule has 1 aliphatic carbocycles. The van der Waals surface area contributed by atoms with E-state index in [4.69, 9.17) is 4.74 Å². The molecule has 0 radical (unpaired) electrons. The maximum Gasteiger partial charge on any atom is 0.245 e. The normalized spacial score (nSPS) is 29.1. The van der Waals surface area contributed by atoms with Crippen molar-refractivity contribution >= 4 is 11.7 Å². The summed E-state index contributed by atoms with van der Waals surface area (Å²) < 4.78 is 13.1. The standard InChI is InChI=1S/C13H23N3O2S/c1-9-3-10(2)5-11(4-9)14-6-12(17)8-18-13-7-15-19-16-13/h7,9-12,14,17H,3-6,8H2,1-2H3. The molecule has 1 saturated carbocycles. The summed E-state index contributed by atoms with van der Waals surface area (Å²) in [6.07, 6.45) is 4.78. The molecule has 1 aromatic heterocycles. The smallest absolute Gasteiger partial charge is 0.245 e. The van der Waals surface area contributed by atoms with Crippen LogP contribution < -0.4 is 10.1 Å². The Hall–Kier alpha value is -0.720. The fraction of sp³-hybridized carbons (Fsp3) is 0.846. The molecule has 3 unspecified atom stereocenters. The van der Waals surface area contributed by atoms with Crippen LogP contribution in [0.25, 0.3) is 0 Å². The van der Waals surface area contributed by atoms with E-state index in [0.29, 0.717) is 18.5 Å². The zero-order valence-electron chi connectivity index (χ0n) is 11.6. The summed E-state index contributed by atoms with van der Waals surface area (Å²) in [7, 11) is 0. The van der Waals surface area contributed by atoms with Crippen LogP contribution in [-0.4, -0.2) is 39.2 Å². The van der Waals surface area contributed by atoms with Crippen LogP contribution in [0, 0.1) is 11.8 Å². The van der Waals surface area contributed by atoms with E-state index < -0.39 is 6.10 Å². The molecule has 0 amide bonds. The summed E-state index contributed by atoms with van der Waals surface area (Å²) in [5.74, 6) is 2.04. The second kappa shape index (κ2) is 7.17. The Kier molecular flexibility index (Phi) is 5.54. The van der Waals surface area contributed by atoms with Crippen LogP contribution in [0.3, 0.4) is 0 Å². The minimum Gasteiger partial charge on any atom is -0.473 e. The first-order chi connectivity index (χ1) is 9.13. The van der Waals surface area contributed by atoms with Gasteiger partial charge in [-0.1, -0.05) is 13.8 Å². The molecule has 0 aliphatic heterocycles. The van der Waals surface area contributed by atoms with Crippen LogP contribution in [-0.2, 0) is 0 Å². The Morgan fingerprint density at radius 2 is 2.16 bits per heavy atom. The molecule has 0 saturated heterocycles. The van der Waals surface area contributed by atoms with Gasteiger partial charge in [0.05, 0.1) is 11.7 Å². The van der Waals surface area contributed by atoms with Gasteiger partial charge in [-0.3, -0.25) is 0 Å². The summed E-state index contributed by atoms with van der Waals surface area (Å²) in [4.78, 5) is 0. The van der Waals surface area contributed by atoms with Crippen molar-refractivity contribution in [3.8, 4) is 5.88 Å². The lowest BCUT2D eigenvalue weighted by Gasteiger charge is -2.32. The summed E-state index contributed by atoms with van der Waals surface area (Å²) in [6, 6.07) is 0.523. The first-order valence-corrected chi connectivity index (χ1v) is 7.68. The highest BCUT2D eigenvalue weighted by Gasteiger charge is 2.23. The average molecular weight is 285 g/mol. The average Bonchev–Trinajstić information content (AvgIpc) is 2.86. The first kappa shape index (κ1) is 14.7. The van der Waals surface area contributed by atoms with Gasteiger partial charge in [0.15, 0.2) is 0 Å². The van der Waals surface area contributed by atoms with E-state index in [1.165, 1.54) is 19.3 Å². The Morgan fingerprint density at radius 3 is 2.79 bits per heavy atom. The largest absolute Gasteiger partial charge is 0.473 e. The van der Waals surface area contributed by atoms with Crippen molar-refractivity contribution in [3.63, 3.8) is 0 Å². The molecule has 1 fully saturated rings. The number of nitrogens with one attached hydrogen (secondary N) is 1. The van der Waals surface area contributed by atoms with Crippen LogP contribution in [0.2, 0.25) is 0 Å². The number of rotatable bonds is 6. The molecule has 0 spiro atoms. The SMILES string of the molecule is CC1CC(C)CC(NCC(O)COc2cnsn2)C1. The Bertz CT molecular complexity index is 351. The second-order valence-corrected chi connectivity index (χ2v) is 6.29. The number of aliphatic hydroxyl groups excluding tert-OH is 1. The number of hydrogen-bond acceptors (Lipinski definition) is 6. The molecule has 6 heteroatoms. The molecular formula is C13H23N3O2S. The predicted molar refractivity (Wildman–Crippen MR) is 75.4 cm³/mol. The maximum absolute atomic E-state index is 9.88.